The Labute approximate surface area is 215 Å². The van der Waals surface area contributed by atoms with Crippen molar-refractivity contribution in [3.8, 4) is 11.1 Å². The van der Waals surface area contributed by atoms with Crippen molar-refractivity contribution in [3.63, 3.8) is 0 Å². The molecule has 3 heterocycles. The summed E-state index contributed by atoms with van der Waals surface area (Å²) in [6, 6.07) is 11.6. The van der Waals surface area contributed by atoms with E-state index in [0.717, 1.165) is 75.3 Å². The Hall–Kier alpha value is -3.96. The van der Waals surface area contributed by atoms with Gasteiger partial charge in [-0.1, -0.05) is 30.7 Å². The van der Waals surface area contributed by atoms with Crippen molar-refractivity contribution < 1.29 is 9.84 Å². The highest BCUT2D eigenvalue weighted by Gasteiger charge is 2.43. The maximum atomic E-state index is 8.77. The molecule has 1 saturated carbocycles. The molecule has 2 aliphatic rings. The number of nitrogens with zero attached hydrogens (tertiary/aromatic N) is 6. The Kier molecular flexibility index (Phi) is 7.33. The van der Waals surface area contributed by atoms with Gasteiger partial charge in [-0.2, -0.15) is 0 Å². The number of anilines is 2. The number of morpholine rings is 1. The van der Waals surface area contributed by atoms with Crippen molar-refractivity contribution in [1.29, 1.82) is 5.41 Å². The van der Waals surface area contributed by atoms with Gasteiger partial charge in [-0.15, -0.1) is 15.2 Å². The molecule has 2 fully saturated rings. The number of aliphatic imine (C=N–C) groups is 1. The molecule has 2 aromatic heterocycles. The van der Waals surface area contributed by atoms with Crippen molar-refractivity contribution in [2.75, 3.05) is 50.4 Å². The predicted molar refractivity (Wildman–Crippen MR) is 143 cm³/mol. The molecule has 1 aliphatic carbocycles. The van der Waals surface area contributed by atoms with Gasteiger partial charge in [0.15, 0.2) is 0 Å². The molecule has 0 spiro atoms. The fourth-order valence-electron chi connectivity index (χ4n) is 4.66. The van der Waals surface area contributed by atoms with Gasteiger partial charge in [-0.3, -0.25) is 10.3 Å². The number of benzene rings is 1. The van der Waals surface area contributed by atoms with Crippen molar-refractivity contribution in [2.45, 2.75) is 24.7 Å². The quantitative estimate of drug-likeness (QED) is 0.239. The number of nitrogens with one attached hydrogen (secondary N) is 2. The molecule has 0 unspecified atom stereocenters. The van der Waals surface area contributed by atoms with Crippen LogP contribution in [0.25, 0.3) is 11.1 Å². The lowest BCUT2D eigenvalue weighted by atomic mass is 9.63. The first-order valence-electron chi connectivity index (χ1n) is 12.5. The van der Waals surface area contributed by atoms with Gasteiger partial charge in [0, 0.05) is 44.1 Å². The number of amidine groups is 1. The fraction of sp³-hybridized carbons (Fsp3) is 0.385. The molecule has 0 amide bonds. The number of nitrogens with two attached hydrogens (primary N) is 1. The van der Waals surface area contributed by atoms with Gasteiger partial charge in [0.1, 0.15) is 11.7 Å². The van der Waals surface area contributed by atoms with Gasteiger partial charge < -0.3 is 20.9 Å². The van der Waals surface area contributed by atoms with E-state index in [-0.39, 0.29) is 17.7 Å². The first kappa shape index (κ1) is 24.7. The lowest BCUT2D eigenvalue weighted by Crippen LogP contribution is -2.41. The van der Waals surface area contributed by atoms with E-state index in [0.29, 0.717) is 11.5 Å². The summed E-state index contributed by atoms with van der Waals surface area (Å²) in [6.07, 6.45) is 6.06. The molecular weight excluding hydrogens is 470 g/mol. The lowest BCUT2D eigenvalue weighted by Gasteiger charge is -2.41. The van der Waals surface area contributed by atoms with Crippen LogP contribution in [-0.2, 0) is 10.2 Å². The van der Waals surface area contributed by atoms with Crippen LogP contribution >= 0.6 is 0 Å². The summed E-state index contributed by atoms with van der Waals surface area (Å²) in [5.41, 5.74) is 8.32. The number of aromatic nitrogens is 4. The van der Waals surface area contributed by atoms with Crippen LogP contribution in [0.1, 0.15) is 30.5 Å². The van der Waals surface area contributed by atoms with Gasteiger partial charge in [-0.05, 0) is 36.1 Å². The van der Waals surface area contributed by atoms with E-state index in [1.165, 1.54) is 0 Å². The SMILES string of the molecule is N=C(N=C([OH2+])c1ccc(NCCN2CCOCC2)nn1)C1(c2ccc(-c3cnc(N)nc3)cc2)CCC1. The maximum Gasteiger partial charge on any atom is 0.387 e. The van der Waals surface area contributed by atoms with Crippen molar-refractivity contribution in [3.05, 3.63) is 60.0 Å². The first-order valence-corrected chi connectivity index (χ1v) is 12.5. The highest BCUT2D eigenvalue weighted by atomic mass is 16.5. The topological polar surface area (TPSA) is 161 Å². The second-order valence-electron chi connectivity index (χ2n) is 9.34. The van der Waals surface area contributed by atoms with Crippen LogP contribution in [0.4, 0.5) is 11.8 Å². The average molecular weight is 503 g/mol. The normalized spacial score (nSPS) is 17.7. The number of hydrogen-bond acceptors (Lipinski definition) is 9. The summed E-state index contributed by atoms with van der Waals surface area (Å²) in [5.74, 6) is 1.02. The summed E-state index contributed by atoms with van der Waals surface area (Å²) in [6.45, 7) is 5.11. The Balaban J connectivity index is 1.23. The van der Waals surface area contributed by atoms with Crippen LogP contribution in [0, 0.1) is 5.41 Å². The zero-order valence-electron chi connectivity index (χ0n) is 20.7. The van der Waals surface area contributed by atoms with Gasteiger partial charge in [0.25, 0.3) is 0 Å². The average Bonchev–Trinajstić information content (AvgIpc) is 2.90. The third kappa shape index (κ3) is 5.57. The molecule has 1 saturated heterocycles. The molecule has 1 aliphatic heterocycles. The van der Waals surface area contributed by atoms with E-state index >= 15 is 0 Å². The number of ether oxygens (including phenoxy) is 1. The van der Waals surface area contributed by atoms with Gasteiger partial charge in [-0.25, -0.2) is 9.97 Å². The van der Waals surface area contributed by atoms with E-state index < -0.39 is 5.41 Å². The van der Waals surface area contributed by atoms with Crippen molar-refractivity contribution >= 4 is 23.5 Å². The van der Waals surface area contributed by atoms with Crippen LogP contribution in [0.15, 0.2) is 53.8 Å². The molecule has 1 aromatic carbocycles. The first-order chi connectivity index (χ1) is 18.0. The zero-order valence-corrected chi connectivity index (χ0v) is 20.7. The van der Waals surface area contributed by atoms with E-state index in [4.69, 9.17) is 21.0 Å². The molecular formula is C26H32N9O2+. The number of nitrogen functional groups attached to an aromatic ring is 1. The molecule has 5 rings (SSSR count). The Morgan fingerprint density at radius 3 is 2.41 bits per heavy atom. The second-order valence-corrected chi connectivity index (χ2v) is 9.34. The van der Waals surface area contributed by atoms with Crippen LogP contribution in [-0.4, -0.2) is 81.3 Å². The smallest absolute Gasteiger partial charge is 0.387 e. The monoisotopic (exact) mass is 502 g/mol. The lowest BCUT2D eigenvalue weighted by molar-refractivity contribution is 0.0398. The Morgan fingerprint density at radius 2 is 1.78 bits per heavy atom. The Morgan fingerprint density at radius 1 is 1.05 bits per heavy atom. The molecule has 0 atom stereocenters. The van der Waals surface area contributed by atoms with Crippen LogP contribution < -0.4 is 11.1 Å². The molecule has 11 heteroatoms. The third-order valence-corrected chi connectivity index (χ3v) is 7.07. The minimum atomic E-state index is -0.489. The second kappa shape index (κ2) is 11.0. The highest BCUT2D eigenvalue weighted by molar-refractivity contribution is 6.04. The maximum absolute atomic E-state index is 8.77. The molecule has 192 valence electrons. The molecule has 3 aromatic rings. The van der Waals surface area contributed by atoms with Crippen LogP contribution in [0.2, 0.25) is 0 Å². The molecule has 0 bridgehead atoms. The largest absolute Gasteiger partial charge is 0.577 e. The molecule has 0 radical (unpaired) electrons. The van der Waals surface area contributed by atoms with E-state index in [2.05, 4.69) is 35.4 Å². The summed E-state index contributed by atoms with van der Waals surface area (Å²) in [7, 11) is 0. The van der Waals surface area contributed by atoms with E-state index in [1.807, 2.05) is 24.3 Å². The van der Waals surface area contributed by atoms with Crippen molar-refractivity contribution in [2.24, 2.45) is 4.99 Å². The van der Waals surface area contributed by atoms with Crippen molar-refractivity contribution in [1.82, 2.24) is 25.1 Å². The molecule has 6 N–H and O–H groups in total. The predicted octanol–water partition coefficient (Wildman–Crippen LogP) is 1.83. The van der Waals surface area contributed by atoms with Gasteiger partial charge in [0.05, 0.1) is 18.6 Å². The Bertz CT molecular complexity index is 1230. The number of rotatable bonds is 8. The minimum Gasteiger partial charge on any atom is -0.577 e. The fourth-order valence-corrected chi connectivity index (χ4v) is 4.66. The minimum absolute atomic E-state index is 0.0562. The summed E-state index contributed by atoms with van der Waals surface area (Å²) in [5, 5.41) is 28.8. The van der Waals surface area contributed by atoms with Crippen LogP contribution in [0.3, 0.4) is 0 Å². The van der Waals surface area contributed by atoms with E-state index in [9.17, 15) is 0 Å². The number of hydrogen-bond donors (Lipinski definition) is 3. The summed E-state index contributed by atoms with van der Waals surface area (Å²) >= 11 is 0. The van der Waals surface area contributed by atoms with Crippen LogP contribution in [0.5, 0.6) is 0 Å². The van der Waals surface area contributed by atoms with Gasteiger partial charge >= 0.3 is 5.90 Å². The molecule has 11 nitrogen and oxygen atoms in total. The van der Waals surface area contributed by atoms with Gasteiger partial charge in [0.2, 0.25) is 11.6 Å². The summed E-state index contributed by atoms with van der Waals surface area (Å²) in [4.78, 5) is 14.8. The zero-order chi connectivity index (χ0) is 25.7. The third-order valence-electron chi connectivity index (χ3n) is 7.07. The highest BCUT2D eigenvalue weighted by Crippen LogP contribution is 2.45. The van der Waals surface area contributed by atoms with E-state index in [1.54, 1.807) is 24.5 Å². The molecule has 37 heavy (non-hydrogen) atoms. The standard InChI is InChI=1S/C26H31N9O2/c27-24(26(8-1-9-26)20-4-2-18(3-5-20)19-16-30-25(28)31-17-19)32-23(36)21-6-7-22(34-33-21)29-10-11-35-12-14-37-15-13-35/h2-7,16-17H,1,8-15H2,(H,29,34)(H2,27,32,36)(H2,28,30,31)/p+1. The summed E-state index contributed by atoms with van der Waals surface area (Å²) < 4.78 is 5.37.